The van der Waals surface area contributed by atoms with Crippen LogP contribution in [0.1, 0.15) is 13.8 Å². The number of fused-ring (bicyclic) bond motifs is 1. The Balaban J connectivity index is 1.41. The Morgan fingerprint density at radius 1 is 1.00 bits per heavy atom. The molecule has 0 bridgehead atoms. The molecule has 0 aliphatic carbocycles. The Bertz CT molecular complexity index is 1310. The molecule has 9 heteroatoms. The summed E-state index contributed by atoms with van der Waals surface area (Å²) in [5, 5.41) is 24.2. The van der Waals surface area contributed by atoms with Crippen LogP contribution in [0.4, 0.5) is 10.2 Å². The minimum atomic E-state index is -0.416. The minimum Gasteiger partial charge on any atom is -0.506 e. The van der Waals surface area contributed by atoms with E-state index in [9.17, 15) is 9.50 Å². The molecule has 0 unspecified atom stereocenters. The molecule has 5 rings (SSSR count). The van der Waals surface area contributed by atoms with Crippen LogP contribution in [0.25, 0.3) is 33.4 Å². The lowest BCUT2D eigenvalue weighted by molar-refractivity contribution is 0.169. The van der Waals surface area contributed by atoms with Gasteiger partial charge in [0.2, 0.25) is 0 Å². The fourth-order valence-corrected chi connectivity index (χ4v) is 4.40. The smallest absolute Gasteiger partial charge is 0.151 e. The first-order valence-electron chi connectivity index (χ1n) is 10.9. The quantitative estimate of drug-likeness (QED) is 0.515. The van der Waals surface area contributed by atoms with Crippen LogP contribution in [-0.4, -0.2) is 67.2 Å². The van der Waals surface area contributed by atoms with E-state index in [1.807, 2.05) is 18.2 Å². The van der Waals surface area contributed by atoms with E-state index >= 15 is 0 Å². The van der Waals surface area contributed by atoms with Gasteiger partial charge in [-0.25, -0.2) is 9.37 Å². The van der Waals surface area contributed by atoms with Crippen molar-refractivity contribution in [3.63, 3.8) is 0 Å². The standard InChI is InChI=1S/C24H26FN7O/c1-14-11-32(12-15(2)31(14)4)22-6-5-20(27-28-22)24-21(33)9-17(10-26-24)16-7-18-13-30(3)29-23(18)19(25)8-16/h5-10,13-15,33H,11-12H2,1-4H3/t14-,15+. The zero-order chi connectivity index (χ0) is 23.3. The number of nitrogens with zero attached hydrogens (tertiary/aromatic N) is 7. The summed E-state index contributed by atoms with van der Waals surface area (Å²) in [6, 6.07) is 9.37. The van der Waals surface area contributed by atoms with Gasteiger partial charge >= 0.3 is 0 Å². The molecule has 0 radical (unpaired) electrons. The van der Waals surface area contributed by atoms with Crippen molar-refractivity contribution in [1.82, 2.24) is 29.9 Å². The molecular weight excluding hydrogens is 421 g/mol. The Labute approximate surface area is 191 Å². The summed E-state index contributed by atoms with van der Waals surface area (Å²) in [6.45, 7) is 6.16. The molecule has 0 spiro atoms. The lowest BCUT2D eigenvalue weighted by Crippen LogP contribution is -2.55. The molecule has 8 nitrogen and oxygen atoms in total. The zero-order valence-electron chi connectivity index (χ0n) is 19.1. The van der Waals surface area contributed by atoms with Crippen LogP contribution in [-0.2, 0) is 7.05 Å². The Kier molecular flexibility index (Phi) is 5.20. The summed E-state index contributed by atoms with van der Waals surface area (Å²) < 4.78 is 16.0. The second-order valence-corrected chi connectivity index (χ2v) is 8.84. The van der Waals surface area contributed by atoms with E-state index in [0.717, 1.165) is 18.9 Å². The van der Waals surface area contributed by atoms with Crippen LogP contribution in [0.2, 0.25) is 0 Å². The van der Waals surface area contributed by atoms with Crippen molar-refractivity contribution in [2.24, 2.45) is 7.05 Å². The van der Waals surface area contributed by atoms with E-state index < -0.39 is 5.82 Å². The first kappa shape index (κ1) is 21.3. The van der Waals surface area contributed by atoms with Crippen molar-refractivity contribution >= 4 is 16.7 Å². The van der Waals surface area contributed by atoms with E-state index in [0.29, 0.717) is 45.5 Å². The number of pyridine rings is 1. The average molecular weight is 448 g/mol. The SMILES string of the molecule is C[C@@H]1CN(c2ccc(-c3ncc(-c4cc(F)c5nn(C)cc5c4)cc3O)nn2)C[C@H](C)N1C. The largest absolute Gasteiger partial charge is 0.506 e. The molecule has 1 aliphatic rings. The monoisotopic (exact) mass is 447 g/mol. The number of halogens is 1. The van der Waals surface area contributed by atoms with Gasteiger partial charge < -0.3 is 10.0 Å². The van der Waals surface area contributed by atoms with Crippen molar-refractivity contribution < 1.29 is 9.50 Å². The van der Waals surface area contributed by atoms with Crippen LogP contribution in [0.5, 0.6) is 5.75 Å². The second kappa shape index (κ2) is 8.08. The van der Waals surface area contributed by atoms with Gasteiger partial charge in [-0.05, 0) is 56.8 Å². The Morgan fingerprint density at radius 2 is 1.76 bits per heavy atom. The number of aromatic nitrogens is 5. The molecule has 4 heterocycles. The molecular formula is C24H26FN7O. The predicted octanol–water partition coefficient (Wildman–Crippen LogP) is 3.47. The van der Waals surface area contributed by atoms with Gasteiger partial charge in [0.15, 0.2) is 11.6 Å². The molecule has 1 fully saturated rings. The van der Waals surface area contributed by atoms with E-state index in [4.69, 9.17) is 0 Å². The van der Waals surface area contributed by atoms with Crippen LogP contribution >= 0.6 is 0 Å². The summed E-state index contributed by atoms with van der Waals surface area (Å²) in [6.07, 6.45) is 3.36. The van der Waals surface area contributed by atoms with Gasteiger partial charge in [-0.2, -0.15) is 5.10 Å². The zero-order valence-corrected chi connectivity index (χ0v) is 19.1. The average Bonchev–Trinajstić information content (AvgIpc) is 3.18. The third-order valence-corrected chi connectivity index (χ3v) is 6.45. The van der Waals surface area contributed by atoms with Gasteiger partial charge in [0, 0.05) is 55.6 Å². The fraction of sp³-hybridized carbons (Fsp3) is 0.333. The molecule has 1 aromatic carbocycles. The predicted molar refractivity (Wildman–Crippen MR) is 125 cm³/mol. The summed E-state index contributed by atoms with van der Waals surface area (Å²) in [4.78, 5) is 8.99. The van der Waals surface area contributed by atoms with Gasteiger partial charge in [-0.3, -0.25) is 9.58 Å². The number of benzene rings is 1. The van der Waals surface area contributed by atoms with E-state index in [2.05, 4.69) is 51.0 Å². The van der Waals surface area contributed by atoms with Gasteiger partial charge in [0.05, 0.1) is 0 Å². The maximum atomic E-state index is 14.5. The van der Waals surface area contributed by atoms with Crippen LogP contribution in [0, 0.1) is 5.82 Å². The normalized spacial score (nSPS) is 19.4. The summed E-state index contributed by atoms with van der Waals surface area (Å²) in [7, 11) is 3.89. The molecule has 4 aromatic rings. The number of aromatic hydroxyl groups is 1. The van der Waals surface area contributed by atoms with E-state index in [-0.39, 0.29) is 5.75 Å². The molecule has 170 valence electrons. The van der Waals surface area contributed by atoms with Gasteiger partial charge in [-0.15, -0.1) is 10.2 Å². The molecule has 2 atom stereocenters. The molecule has 1 saturated heterocycles. The van der Waals surface area contributed by atoms with Crippen molar-refractivity contribution in [3.8, 4) is 28.3 Å². The molecule has 3 aromatic heterocycles. The Morgan fingerprint density at radius 3 is 2.42 bits per heavy atom. The van der Waals surface area contributed by atoms with Crippen molar-refractivity contribution in [2.75, 3.05) is 25.0 Å². The topological polar surface area (TPSA) is 83.2 Å². The minimum absolute atomic E-state index is 0.0388. The highest BCUT2D eigenvalue weighted by Gasteiger charge is 2.27. The van der Waals surface area contributed by atoms with Crippen LogP contribution in [0.3, 0.4) is 0 Å². The third-order valence-electron chi connectivity index (χ3n) is 6.45. The third kappa shape index (κ3) is 3.89. The van der Waals surface area contributed by atoms with Crippen LogP contribution in [0.15, 0.2) is 42.7 Å². The highest BCUT2D eigenvalue weighted by Crippen LogP contribution is 2.32. The van der Waals surface area contributed by atoms with Crippen molar-refractivity contribution in [2.45, 2.75) is 25.9 Å². The summed E-state index contributed by atoms with van der Waals surface area (Å²) in [5.74, 6) is 0.352. The molecule has 1 aliphatic heterocycles. The number of anilines is 1. The van der Waals surface area contributed by atoms with Crippen LogP contribution < -0.4 is 4.90 Å². The van der Waals surface area contributed by atoms with Crippen molar-refractivity contribution in [1.29, 1.82) is 0 Å². The highest BCUT2D eigenvalue weighted by molar-refractivity contribution is 5.85. The molecule has 33 heavy (non-hydrogen) atoms. The van der Waals surface area contributed by atoms with Gasteiger partial charge in [0.25, 0.3) is 0 Å². The van der Waals surface area contributed by atoms with Gasteiger partial charge in [0.1, 0.15) is 22.7 Å². The number of hydrogen-bond donors (Lipinski definition) is 1. The van der Waals surface area contributed by atoms with E-state index in [1.165, 1.54) is 6.07 Å². The molecule has 0 amide bonds. The molecule has 1 N–H and O–H groups in total. The number of aryl methyl sites for hydroxylation is 1. The highest BCUT2D eigenvalue weighted by atomic mass is 19.1. The number of hydrogen-bond acceptors (Lipinski definition) is 7. The lowest BCUT2D eigenvalue weighted by Gasteiger charge is -2.42. The first-order chi connectivity index (χ1) is 15.8. The van der Waals surface area contributed by atoms with E-state index in [1.54, 1.807) is 30.2 Å². The summed E-state index contributed by atoms with van der Waals surface area (Å²) in [5.41, 5.74) is 2.34. The maximum absolute atomic E-state index is 14.5. The maximum Gasteiger partial charge on any atom is 0.151 e. The second-order valence-electron chi connectivity index (χ2n) is 8.84. The first-order valence-corrected chi connectivity index (χ1v) is 10.9. The van der Waals surface area contributed by atoms with Crippen molar-refractivity contribution in [3.05, 3.63) is 48.5 Å². The number of rotatable bonds is 3. The van der Waals surface area contributed by atoms with Gasteiger partial charge in [-0.1, -0.05) is 0 Å². The number of piperazine rings is 1. The summed E-state index contributed by atoms with van der Waals surface area (Å²) >= 11 is 0. The molecule has 0 saturated carbocycles. The lowest BCUT2D eigenvalue weighted by atomic mass is 10.0. The fourth-order valence-electron chi connectivity index (χ4n) is 4.40. The Hall–Kier alpha value is -3.59. The number of likely N-dealkylation sites (N-methyl/N-ethyl adjacent to an activating group) is 1.